The van der Waals surface area contributed by atoms with Crippen molar-refractivity contribution in [3.8, 4) is 0 Å². The van der Waals surface area contributed by atoms with E-state index in [0.29, 0.717) is 11.6 Å². The monoisotopic (exact) mass is 300 g/mol. The third kappa shape index (κ3) is 2.75. The van der Waals surface area contributed by atoms with Gasteiger partial charge in [-0.1, -0.05) is 11.6 Å². The van der Waals surface area contributed by atoms with Gasteiger partial charge in [-0.25, -0.2) is 18.2 Å². The number of hydrogen-bond donors (Lipinski definition) is 1. The van der Waals surface area contributed by atoms with E-state index >= 15 is 0 Å². The average molecular weight is 301 g/mol. The Morgan fingerprint density at radius 3 is 2.60 bits per heavy atom. The normalized spacial score (nSPS) is 10.4. The van der Waals surface area contributed by atoms with E-state index in [1.165, 1.54) is 12.3 Å². The molecule has 0 fully saturated rings. The molecule has 1 heterocycles. The summed E-state index contributed by atoms with van der Waals surface area (Å²) in [4.78, 5) is 15.6. The van der Waals surface area contributed by atoms with Crippen LogP contribution >= 0.6 is 11.6 Å². The highest BCUT2D eigenvalue weighted by atomic mass is 35.5. The first kappa shape index (κ1) is 14.3. The molecule has 0 saturated heterocycles. The van der Waals surface area contributed by atoms with Crippen LogP contribution in [0, 0.1) is 24.4 Å². The molecule has 20 heavy (non-hydrogen) atoms. The van der Waals surface area contributed by atoms with E-state index in [-0.39, 0.29) is 10.8 Å². The lowest BCUT2D eigenvalue weighted by Crippen LogP contribution is -2.15. The van der Waals surface area contributed by atoms with E-state index in [4.69, 9.17) is 11.6 Å². The number of aryl methyl sites for hydroxylation is 1. The molecule has 1 amide bonds. The van der Waals surface area contributed by atoms with E-state index in [9.17, 15) is 18.0 Å². The van der Waals surface area contributed by atoms with E-state index < -0.39 is 28.9 Å². The van der Waals surface area contributed by atoms with Crippen molar-refractivity contribution < 1.29 is 18.0 Å². The van der Waals surface area contributed by atoms with Crippen molar-refractivity contribution >= 4 is 23.2 Å². The number of amides is 1. The molecule has 0 aliphatic carbocycles. The minimum absolute atomic E-state index is 0.265. The molecule has 0 spiro atoms. The number of benzene rings is 1. The van der Waals surface area contributed by atoms with E-state index in [0.717, 1.165) is 6.07 Å². The lowest BCUT2D eigenvalue weighted by molar-refractivity contribution is 0.102. The van der Waals surface area contributed by atoms with Gasteiger partial charge in [0.2, 0.25) is 0 Å². The van der Waals surface area contributed by atoms with Crippen molar-refractivity contribution in [2.75, 3.05) is 5.32 Å². The molecule has 2 aromatic rings. The van der Waals surface area contributed by atoms with Gasteiger partial charge in [0, 0.05) is 0 Å². The molecule has 0 atom stereocenters. The third-order valence-corrected chi connectivity index (χ3v) is 2.95. The summed E-state index contributed by atoms with van der Waals surface area (Å²) in [5.41, 5.74) is 0.271. The van der Waals surface area contributed by atoms with E-state index in [1.54, 1.807) is 6.92 Å². The van der Waals surface area contributed by atoms with Crippen LogP contribution in [0.4, 0.5) is 18.9 Å². The number of rotatable bonds is 2. The summed E-state index contributed by atoms with van der Waals surface area (Å²) in [7, 11) is 0. The van der Waals surface area contributed by atoms with Gasteiger partial charge in [-0.2, -0.15) is 0 Å². The van der Waals surface area contributed by atoms with Crippen LogP contribution in [0.2, 0.25) is 5.15 Å². The predicted octanol–water partition coefficient (Wildman–Crippen LogP) is 3.71. The van der Waals surface area contributed by atoms with Gasteiger partial charge in [0.25, 0.3) is 5.91 Å². The molecule has 0 saturated carbocycles. The van der Waals surface area contributed by atoms with Gasteiger partial charge in [0.15, 0.2) is 17.5 Å². The highest BCUT2D eigenvalue weighted by Crippen LogP contribution is 2.19. The zero-order valence-corrected chi connectivity index (χ0v) is 10.9. The van der Waals surface area contributed by atoms with Crippen LogP contribution in [-0.4, -0.2) is 10.9 Å². The summed E-state index contributed by atoms with van der Waals surface area (Å²) in [6.45, 7) is 1.67. The van der Waals surface area contributed by atoms with Crippen molar-refractivity contribution in [1.82, 2.24) is 4.98 Å². The SMILES string of the molecule is Cc1cc(NC(=O)c2ccc(F)c(F)c2F)cnc1Cl. The Bertz CT molecular complexity index is 692. The maximum atomic E-state index is 13.4. The fourth-order valence-corrected chi connectivity index (χ4v) is 1.63. The molecule has 2 rings (SSSR count). The highest BCUT2D eigenvalue weighted by molar-refractivity contribution is 6.30. The molecular formula is C13H8ClF3N2O. The van der Waals surface area contributed by atoms with Gasteiger partial charge >= 0.3 is 0 Å². The Balaban J connectivity index is 2.28. The molecule has 104 valence electrons. The van der Waals surface area contributed by atoms with Crippen LogP contribution in [0.3, 0.4) is 0 Å². The fraction of sp³-hybridized carbons (Fsp3) is 0.0769. The van der Waals surface area contributed by atoms with Crippen molar-refractivity contribution in [1.29, 1.82) is 0 Å². The lowest BCUT2D eigenvalue weighted by Gasteiger charge is -2.07. The smallest absolute Gasteiger partial charge is 0.258 e. The Morgan fingerprint density at radius 1 is 1.25 bits per heavy atom. The van der Waals surface area contributed by atoms with Crippen LogP contribution < -0.4 is 5.32 Å². The molecule has 3 nitrogen and oxygen atoms in total. The quantitative estimate of drug-likeness (QED) is 0.678. The van der Waals surface area contributed by atoms with Crippen molar-refractivity contribution in [3.05, 3.63) is 58.1 Å². The number of nitrogens with one attached hydrogen (secondary N) is 1. The molecule has 0 aliphatic heterocycles. The number of carbonyl (C=O) groups excluding carboxylic acids is 1. The average Bonchev–Trinajstić information content (AvgIpc) is 2.40. The summed E-state index contributed by atoms with van der Waals surface area (Å²) in [5.74, 6) is -5.50. The number of halogens is 4. The summed E-state index contributed by atoms with van der Waals surface area (Å²) in [5, 5.41) is 2.59. The van der Waals surface area contributed by atoms with Gasteiger partial charge in [0.05, 0.1) is 17.4 Å². The van der Waals surface area contributed by atoms with Crippen LogP contribution in [-0.2, 0) is 0 Å². The maximum absolute atomic E-state index is 13.4. The molecule has 0 bridgehead atoms. The molecule has 1 N–H and O–H groups in total. The summed E-state index contributed by atoms with van der Waals surface area (Å²) >= 11 is 5.72. The number of aromatic nitrogens is 1. The first-order chi connectivity index (χ1) is 9.40. The first-order valence-corrected chi connectivity index (χ1v) is 5.85. The Kier molecular flexibility index (Phi) is 3.94. The van der Waals surface area contributed by atoms with Crippen LogP contribution in [0.25, 0.3) is 0 Å². The van der Waals surface area contributed by atoms with E-state index in [2.05, 4.69) is 10.3 Å². The summed E-state index contributed by atoms with van der Waals surface area (Å²) in [6, 6.07) is 3.06. The lowest BCUT2D eigenvalue weighted by atomic mass is 10.1. The largest absolute Gasteiger partial charge is 0.320 e. The molecule has 0 aliphatic rings. The Hall–Kier alpha value is -2.08. The molecule has 0 unspecified atom stereocenters. The van der Waals surface area contributed by atoms with Crippen LogP contribution in [0.1, 0.15) is 15.9 Å². The highest BCUT2D eigenvalue weighted by Gasteiger charge is 2.19. The van der Waals surface area contributed by atoms with Crippen molar-refractivity contribution in [3.63, 3.8) is 0 Å². The number of hydrogen-bond acceptors (Lipinski definition) is 2. The fourth-order valence-electron chi connectivity index (χ4n) is 1.53. The van der Waals surface area contributed by atoms with Crippen molar-refractivity contribution in [2.45, 2.75) is 6.92 Å². The van der Waals surface area contributed by atoms with Gasteiger partial charge in [-0.3, -0.25) is 4.79 Å². The summed E-state index contributed by atoms with van der Waals surface area (Å²) < 4.78 is 39.3. The summed E-state index contributed by atoms with van der Waals surface area (Å²) in [6.07, 6.45) is 1.27. The second-order valence-corrected chi connectivity index (χ2v) is 4.37. The molecule has 1 aromatic carbocycles. The molecule has 0 radical (unpaired) electrons. The van der Waals surface area contributed by atoms with Crippen LogP contribution in [0.5, 0.6) is 0 Å². The minimum Gasteiger partial charge on any atom is -0.320 e. The zero-order valence-electron chi connectivity index (χ0n) is 10.2. The van der Waals surface area contributed by atoms with Gasteiger partial charge in [-0.05, 0) is 30.7 Å². The Labute approximate surface area is 117 Å². The molecule has 1 aromatic heterocycles. The predicted molar refractivity (Wildman–Crippen MR) is 68.3 cm³/mol. The number of pyridine rings is 1. The zero-order chi connectivity index (χ0) is 14.9. The maximum Gasteiger partial charge on any atom is 0.258 e. The van der Waals surface area contributed by atoms with Gasteiger partial charge in [0.1, 0.15) is 5.15 Å². The Morgan fingerprint density at radius 2 is 1.95 bits per heavy atom. The standard InChI is InChI=1S/C13H8ClF3N2O/c1-6-4-7(5-18-12(6)14)19-13(20)8-2-3-9(15)11(17)10(8)16/h2-5H,1H3,(H,19,20). The van der Waals surface area contributed by atoms with E-state index in [1.807, 2.05) is 0 Å². The third-order valence-electron chi connectivity index (χ3n) is 2.55. The van der Waals surface area contributed by atoms with Gasteiger partial charge < -0.3 is 5.32 Å². The number of carbonyl (C=O) groups is 1. The van der Waals surface area contributed by atoms with Crippen molar-refractivity contribution in [2.24, 2.45) is 0 Å². The second-order valence-electron chi connectivity index (χ2n) is 4.01. The number of nitrogens with zero attached hydrogens (tertiary/aromatic N) is 1. The topological polar surface area (TPSA) is 42.0 Å². The van der Waals surface area contributed by atoms with Crippen LogP contribution in [0.15, 0.2) is 24.4 Å². The molecular weight excluding hydrogens is 293 g/mol. The second kappa shape index (κ2) is 5.50. The first-order valence-electron chi connectivity index (χ1n) is 5.47. The number of anilines is 1. The minimum atomic E-state index is -1.69. The van der Waals surface area contributed by atoms with Gasteiger partial charge in [-0.15, -0.1) is 0 Å². The molecule has 7 heteroatoms.